The third-order valence-corrected chi connectivity index (χ3v) is 8.09. The number of ether oxygens (including phenoxy) is 3. The Morgan fingerprint density at radius 1 is 0.891 bits per heavy atom. The molecule has 1 unspecified atom stereocenters. The average molecular weight is 699 g/mol. The Labute approximate surface area is 275 Å². The first-order valence-corrected chi connectivity index (χ1v) is 14.2. The Bertz CT molecular complexity index is 1410. The van der Waals surface area contributed by atoms with Gasteiger partial charge in [0.25, 0.3) is 5.91 Å². The van der Waals surface area contributed by atoms with E-state index in [9.17, 15) is 31.1 Å². The summed E-state index contributed by atoms with van der Waals surface area (Å²) in [5.74, 6) is 6.59. The van der Waals surface area contributed by atoms with Crippen molar-refractivity contribution in [3.05, 3.63) is 58.7 Å². The fourth-order valence-corrected chi connectivity index (χ4v) is 5.59. The van der Waals surface area contributed by atoms with Crippen LogP contribution in [0.4, 0.5) is 26.3 Å². The molecule has 15 heteroatoms. The summed E-state index contributed by atoms with van der Waals surface area (Å²) in [4.78, 5) is 19.3. The molecular formula is C31H35Cl2F6N3O4. The van der Waals surface area contributed by atoms with Gasteiger partial charge in [-0.05, 0) is 56.2 Å². The van der Waals surface area contributed by atoms with Gasteiger partial charge in [0, 0.05) is 43.3 Å². The molecule has 2 aromatic carbocycles. The lowest BCUT2D eigenvalue weighted by atomic mass is 9.98. The van der Waals surface area contributed by atoms with Crippen LogP contribution in [0.2, 0.25) is 0 Å². The van der Waals surface area contributed by atoms with Crippen LogP contribution < -0.4 is 9.47 Å². The highest BCUT2D eigenvalue weighted by molar-refractivity contribution is 5.95. The Hall–Kier alpha value is -2.89. The molecule has 46 heavy (non-hydrogen) atoms. The quantitative estimate of drug-likeness (QED) is 0.292. The molecule has 5 rings (SSSR count). The monoisotopic (exact) mass is 697 g/mol. The molecule has 0 aliphatic carbocycles. The number of carbonyl (C=O) groups is 1. The van der Waals surface area contributed by atoms with Crippen LogP contribution in [0.3, 0.4) is 0 Å². The highest BCUT2D eigenvalue weighted by atomic mass is 35.5. The van der Waals surface area contributed by atoms with E-state index in [1.807, 2.05) is 4.90 Å². The molecule has 0 saturated carbocycles. The zero-order valence-electron chi connectivity index (χ0n) is 25.2. The van der Waals surface area contributed by atoms with E-state index < -0.39 is 41.0 Å². The smallest absolute Gasteiger partial charge is 0.416 e. The number of carbonyl (C=O) groups excluding carboxylic acids is 1. The summed E-state index contributed by atoms with van der Waals surface area (Å²) < 4.78 is 97.6. The lowest BCUT2D eigenvalue weighted by Gasteiger charge is -2.41. The average Bonchev–Trinajstić information content (AvgIpc) is 3.42. The normalized spacial score (nSPS) is 19.8. The Kier molecular flexibility index (Phi) is 12.2. The Morgan fingerprint density at radius 3 is 2.20 bits per heavy atom. The minimum Gasteiger partial charge on any atom is -0.454 e. The van der Waals surface area contributed by atoms with Crippen molar-refractivity contribution < 1.29 is 45.3 Å². The van der Waals surface area contributed by atoms with Crippen molar-refractivity contribution in [3.8, 4) is 23.3 Å². The second-order valence-electron chi connectivity index (χ2n) is 11.7. The molecule has 0 aromatic heterocycles. The molecule has 0 N–H and O–H groups in total. The molecule has 7 nitrogen and oxygen atoms in total. The number of nitrogens with zero attached hydrogens (tertiary/aromatic N) is 3. The Morgan fingerprint density at radius 2 is 1.54 bits per heavy atom. The maximum absolute atomic E-state index is 13.6. The van der Waals surface area contributed by atoms with Crippen LogP contribution in [-0.4, -0.2) is 91.5 Å². The SMILES string of the molecule is CC1(C)COCCN1CC#CCN1CCN(C(=O)c2cc(C(F)(F)F)cc(C(F)(F)F)c2)C(Cc2ccc3c(c2)OCO3)C1.Cl.Cl. The first-order valence-electron chi connectivity index (χ1n) is 14.2. The molecule has 0 radical (unpaired) electrons. The second kappa shape index (κ2) is 14.9. The first-order chi connectivity index (χ1) is 20.7. The van der Waals surface area contributed by atoms with E-state index in [2.05, 4.69) is 30.6 Å². The van der Waals surface area contributed by atoms with Gasteiger partial charge in [0.05, 0.1) is 37.4 Å². The molecular weight excluding hydrogens is 663 g/mol. The van der Waals surface area contributed by atoms with Gasteiger partial charge in [-0.1, -0.05) is 17.9 Å². The topological polar surface area (TPSA) is 54.5 Å². The van der Waals surface area contributed by atoms with Gasteiger partial charge >= 0.3 is 12.4 Å². The highest BCUT2D eigenvalue weighted by Crippen LogP contribution is 2.37. The van der Waals surface area contributed by atoms with Crippen LogP contribution in [0.25, 0.3) is 0 Å². The van der Waals surface area contributed by atoms with Gasteiger partial charge in [0.15, 0.2) is 11.5 Å². The number of hydrogen-bond donors (Lipinski definition) is 0. The van der Waals surface area contributed by atoms with E-state index in [1.165, 1.54) is 4.90 Å². The number of rotatable bonds is 5. The molecule has 254 valence electrons. The zero-order valence-corrected chi connectivity index (χ0v) is 26.8. The first kappa shape index (κ1) is 37.6. The predicted molar refractivity (Wildman–Crippen MR) is 163 cm³/mol. The molecule has 3 aliphatic heterocycles. The van der Waals surface area contributed by atoms with Crippen molar-refractivity contribution in [1.29, 1.82) is 0 Å². The minimum atomic E-state index is -5.06. The zero-order chi connectivity index (χ0) is 31.7. The number of morpholine rings is 1. The van der Waals surface area contributed by atoms with Crippen LogP contribution in [-0.2, 0) is 23.5 Å². The molecule has 1 atom stereocenters. The second-order valence-corrected chi connectivity index (χ2v) is 11.7. The van der Waals surface area contributed by atoms with Crippen molar-refractivity contribution in [2.45, 2.75) is 44.2 Å². The molecule has 2 saturated heterocycles. The number of benzene rings is 2. The third-order valence-electron chi connectivity index (χ3n) is 8.09. The standard InChI is InChI=1S/C31H33F6N3O4.2ClH/c1-29(2)19-42-12-11-39(29)8-4-3-7-38-9-10-40(25(18-38)13-21-5-6-26-27(14-21)44-20-43-26)28(41)22-15-23(30(32,33)34)17-24(16-22)31(35,36)37;;/h5-6,14-17,25H,7-13,18-20H2,1-2H3;2*1H. The van der Waals surface area contributed by atoms with E-state index in [0.717, 1.165) is 12.1 Å². The van der Waals surface area contributed by atoms with Crippen LogP contribution >= 0.6 is 24.8 Å². The van der Waals surface area contributed by atoms with Crippen LogP contribution in [0, 0.1) is 11.8 Å². The van der Waals surface area contributed by atoms with Gasteiger partial charge in [0.1, 0.15) is 0 Å². The predicted octanol–water partition coefficient (Wildman–Crippen LogP) is 5.78. The van der Waals surface area contributed by atoms with Crippen molar-refractivity contribution in [1.82, 2.24) is 14.7 Å². The number of halogens is 8. The fraction of sp³-hybridized carbons (Fsp3) is 0.516. The summed E-state index contributed by atoms with van der Waals surface area (Å²) in [6.45, 7) is 8.00. The molecule has 1 amide bonds. The number of amides is 1. The third kappa shape index (κ3) is 8.92. The van der Waals surface area contributed by atoms with Gasteiger partial charge in [-0.15, -0.1) is 24.8 Å². The maximum Gasteiger partial charge on any atom is 0.416 e. The van der Waals surface area contributed by atoms with Crippen molar-refractivity contribution >= 4 is 30.7 Å². The fourth-order valence-electron chi connectivity index (χ4n) is 5.59. The molecule has 2 fully saturated rings. The lowest BCUT2D eigenvalue weighted by Crippen LogP contribution is -2.56. The number of alkyl halides is 6. The highest BCUT2D eigenvalue weighted by Gasteiger charge is 2.39. The van der Waals surface area contributed by atoms with E-state index in [1.54, 1.807) is 18.2 Å². The van der Waals surface area contributed by atoms with Gasteiger partial charge in [-0.2, -0.15) is 26.3 Å². The molecule has 3 aliphatic rings. The van der Waals surface area contributed by atoms with Crippen LogP contribution in [0.15, 0.2) is 36.4 Å². The maximum atomic E-state index is 13.6. The summed E-state index contributed by atoms with van der Waals surface area (Å²) in [6.07, 6.45) is -9.83. The summed E-state index contributed by atoms with van der Waals surface area (Å²) in [6, 6.07) is 5.73. The van der Waals surface area contributed by atoms with Crippen LogP contribution in [0.5, 0.6) is 11.5 Å². The van der Waals surface area contributed by atoms with Crippen molar-refractivity contribution in [3.63, 3.8) is 0 Å². The summed E-state index contributed by atoms with van der Waals surface area (Å²) >= 11 is 0. The molecule has 0 spiro atoms. The van der Waals surface area contributed by atoms with E-state index in [4.69, 9.17) is 14.2 Å². The number of fused-ring (bicyclic) bond motifs is 1. The summed E-state index contributed by atoms with van der Waals surface area (Å²) in [5.41, 5.74) is -3.08. The molecule has 3 heterocycles. The van der Waals surface area contributed by atoms with Gasteiger partial charge < -0.3 is 19.1 Å². The van der Waals surface area contributed by atoms with E-state index in [-0.39, 0.29) is 49.8 Å². The minimum absolute atomic E-state index is 0. The van der Waals surface area contributed by atoms with Crippen molar-refractivity contribution in [2.75, 3.05) is 59.3 Å². The van der Waals surface area contributed by atoms with Gasteiger partial charge in [-0.25, -0.2) is 0 Å². The van der Waals surface area contributed by atoms with Gasteiger partial charge in [-0.3, -0.25) is 14.6 Å². The number of piperazine rings is 1. The van der Waals surface area contributed by atoms with E-state index in [0.29, 0.717) is 69.4 Å². The van der Waals surface area contributed by atoms with E-state index >= 15 is 0 Å². The van der Waals surface area contributed by atoms with Crippen LogP contribution in [0.1, 0.15) is 40.9 Å². The van der Waals surface area contributed by atoms with Gasteiger partial charge in [0.2, 0.25) is 6.79 Å². The summed E-state index contributed by atoms with van der Waals surface area (Å²) in [5, 5.41) is 0. The Balaban J connectivity index is 0.00000288. The largest absolute Gasteiger partial charge is 0.454 e. The van der Waals surface area contributed by atoms with Crippen molar-refractivity contribution in [2.24, 2.45) is 0 Å². The lowest BCUT2D eigenvalue weighted by molar-refractivity contribution is -0.143. The number of hydrogen-bond acceptors (Lipinski definition) is 6. The summed E-state index contributed by atoms with van der Waals surface area (Å²) in [7, 11) is 0. The molecule has 0 bridgehead atoms. The molecule has 2 aromatic rings.